The molecule has 24 heavy (non-hydrogen) atoms. The maximum atomic E-state index is 12.3. The molecule has 0 spiro atoms. The molecule has 134 valence electrons. The van der Waals surface area contributed by atoms with Gasteiger partial charge < -0.3 is 14.4 Å². The first kappa shape index (κ1) is 18.5. The van der Waals surface area contributed by atoms with Gasteiger partial charge >= 0.3 is 6.09 Å². The van der Waals surface area contributed by atoms with Crippen molar-refractivity contribution >= 4 is 16.1 Å². The summed E-state index contributed by atoms with van der Waals surface area (Å²) < 4.78 is 37.9. The molecule has 0 atom stereocenters. The van der Waals surface area contributed by atoms with Gasteiger partial charge in [0.2, 0.25) is 15.9 Å². The van der Waals surface area contributed by atoms with E-state index in [0.717, 1.165) is 0 Å². The van der Waals surface area contributed by atoms with Crippen molar-refractivity contribution in [1.29, 1.82) is 0 Å². The number of hydrogen-bond donors (Lipinski definition) is 1. The third kappa shape index (κ3) is 5.07. The SMILES string of the molecule is CC(C)(C)OC(=O)N1CCCNS(=O)(=O)c2cccnc2OCC1. The van der Waals surface area contributed by atoms with Gasteiger partial charge in [0.25, 0.3) is 0 Å². The first-order valence-corrected chi connectivity index (χ1v) is 9.23. The summed E-state index contributed by atoms with van der Waals surface area (Å²) in [7, 11) is -3.70. The van der Waals surface area contributed by atoms with E-state index in [9.17, 15) is 13.2 Å². The smallest absolute Gasteiger partial charge is 0.410 e. The predicted octanol–water partition coefficient (Wildman–Crippen LogP) is 1.38. The van der Waals surface area contributed by atoms with Crippen molar-refractivity contribution in [2.75, 3.05) is 26.2 Å². The number of sulfonamides is 1. The van der Waals surface area contributed by atoms with Gasteiger partial charge in [-0.05, 0) is 39.3 Å². The second kappa shape index (κ2) is 7.35. The zero-order chi connectivity index (χ0) is 17.8. The van der Waals surface area contributed by atoms with Crippen LogP contribution < -0.4 is 9.46 Å². The van der Waals surface area contributed by atoms with Gasteiger partial charge in [-0.15, -0.1) is 0 Å². The average molecular weight is 357 g/mol. The van der Waals surface area contributed by atoms with Crippen LogP contribution in [-0.2, 0) is 14.8 Å². The van der Waals surface area contributed by atoms with Crippen molar-refractivity contribution in [1.82, 2.24) is 14.6 Å². The molecule has 0 radical (unpaired) electrons. The summed E-state index contributed by atoms with van der Waals surface area (Å²) in [6.07, 6.45) is 1.47. The largest absolute Gasteiger partial charge is 0.475 e. The van der Waals surface area contributed by atoms with E-state index < -0.39 is 21.7 Å². The Labute approximate surface area is 142 Å². The van der Waals surface area contributed by atoms with Gasteiger partial charge in [0.1, 0.15) is 17.1 Å². The molecule has 0 saturated carbocycles. The van der Waals surface area contributed by atoms with Gasteiger partial charge in [-0.25, -0.2) is 22.9 Å². The molecule has 0 aliphatic carbocycles. The summed E-state index contributed by atoms with van der Waals surface area (Å²) in [6, 6.07) is 2.97. The molecule has 1 aliphatic rings. The normalized spacial score (nSPS) is 18.7. The zero-order valence-electron chi connectivity index (χ0n) is 14.1. The van der Waals surface area contributed by atoms with Crippen molar-refractivity contribution in [2.24, 2.45) is 0 Å². The lowest BCUT2D eigenvalue weighted by atomic mass is 10.2. The molecule has 1 aliphatic heterocycles. The van der Waals surface area contributed by atoms with Crippen LogP contribution >= 0.6 is 0 Å². The molecule has 1 aromatic rings. The van der Waals surface area contributed by atoms with Crippen LogP contribution in [0.2, 0.25) is 0 Å². The maximum absolute atomic E-state index is 12.3. The molecule has 1 aromatic heterocycles. The quantitative estimate of drug-likeness (QED) is 0.753. The van der Waals surface area contributed by atoms with E-state index in [0.29, 0.717) is 13.0 Å². The van der Waals surface area contributed by atoms with Gasteiger partial charge in [-0.3, -0.25) is 0 Å². The second-order valence-electron chi connectivity index (χ2n) is 6.37. The lowest BCUT2D eigenvalue weighted by molar-refractivity contribution is 0.0223. The highest BCUT2D eigenvalue weighted by atomic mass is 32.2. The van der Waals surface area contributed by atoms with Crippen LogP contribution in [0.4, 0.5) is 4.79 Å². The molecule has 9 heteroatoms. The second-order valence-corrected chi connectivity index (χ2v) is 8.11. The minimum absolute atomic E-state index is 0.00396. The first-order valence-electron chi connectivity index (χ1n) is 7.74. The number of nitrogens with one attached hydrogen (secondary N) is 1. The fraction of sp³-hybridized carbons (Fsp3) is 0.600. The predicted molar refractivity (Wildman–Crippen MR) is 87.3 cm³/mol. The van der Waals surface area contributed by atoms with E-state index in [1.807, 2.05) is 0 Å². The van der Waals surface area contributed by atoms with Crippen LogP contribution in [0.15, 0.2) is 23.2 Å². The topological polar surface area (TPSA) is 97.8 Å². The van der Waals surface area contributed by atoms with Crippen molar-refractivity contribution in [3.05, 3.63) is 18.3 Å². The molecule has 0 aromatic carbocycles. The molecule has 0 fully saturated rings. The summed E-state index contributed by atoms with van der Waals surface area (Å²) in [5, 5.41) is 0. The van der Waals surface area contributed by atoms with Crippen LogP contribution in [0, 0.1) is 0 Å². The molecule has 0 saturated heterocycles. The highest BCUT2D eigenvalue weighted by Gasteiger charge is 2.25. The summed E-state index contributed by atoms with van der Waals surface area (Å²) in [4.78, 5) is 17.7. The van der Waals surface area contributed by atoms with Crippen LogP contribution in [0.25, 0.3) is 0 Å². The maximum Gasteiger partial charge on any atom is 0.410 e. The molecular formula is C15H23N3O5S. The Kier molecular flexibility index (Phi) is 5.66. The number of ether oxygens (including phenoxy) is 2. The van der Waals surface area contributed by atoms with E-state index >= 15 is 0 Å². The number of nitrogens with zero attached hydrogens (tertiary/aromatic N) is 2. The van der Waals surface area contributed by atoms with E-state index in [1.165, 1.54) is 23.2 Å². The van der Waals surface area contributed by atoms with Crippen molar-refractivity contribution in [3.63, 3.8) is 0 Å². The molecule has 0 bridgehead atoms. The Hall–Kier alpha value is -1.87. The van der Waals surface area contributed by atoms with Gasteiger partial charge in [0.15, 0.2) is 0 Å². The van der Waals surface area contributed by atoms with Crippen molar-refractivity contribution < 1.29 is 22.7 Å². The Morgan fingerprint density at radius 3 is 2.83 bits per heavy atom. The fourth-order valence-electron chi connectivity index (χ4n) is 2.12. The number of pyridine rings is 1. The lowest BCUT2D eigenvalue weighted by Gasteiger charge is -2.27. The van der Waals surface area contributed by atoms with Crippen LogP contribution in [0.5, 0.6) is 5.88 Å². The van der Waals surface area contributed by atoms with Gasteiger partial charge in [-0.2, -0.15) is 0 Å². The molecule has 8 nitrogen and oxygen atoms in total. The number of fused-ring (bicyclic) bond motifs is 1. The monoisotopic (exact) mass is 357 g/mol. The van der Waals surface area contributed by atoms with E-state index in [1.54, 1.807) is 20.8 Å². The highest BCUT2D eigenvalue weighted by Crippen LogP contribution is 2.20. The molecule has 2 heterocycles. The molecule has 1 N–H and O–H groups in total. The number of carbonyl (C=O) groups excluding carboxylic acids is 1. The molecular weight excluding hydrogens is 334 g/mol. The van der Waals surface area contributed by atoms with E-state index in [-0.39, 0.29) is 30.5 Å². The van der Waals surface area contributed by atoms with Gasteiger partial charge in [0.05, 0.1) is 6.54 Å². The summed E-state index contributed by atoms with van der Waals surface area (Å²) in [5.41, 5.74) is -0.597. The molecule has 2 rings (SSSR count). The average Bonchev–Trinajstić information content (AvgIpc) is 2.50. The first-order chi connectivity index (χ1) is 11.2. The van der Waals surface area contributed by atoms with Crippen molar-refractivity contribution in [2.45, 2.75) is 37.7 Å². The fourth-order valence-corrected chi connectivity index (χ4v) is 3.28. The Morgan fingerprint density at radius 2 is 2.12 bits per heavy atom. The zero-order valence-corrected chi connectivity index (χ0v) is 14.9. The van der Waals surface area contributed by atoms with Crippen LogP contribution in [-0.4, -0.2) is 56.2 Å². The van der Waals surface area contributed by atoms with E-state index in [2.05, 4.69) is 9.71 Å². The van der Waals surface area contributed by atoms with Gasteiger partial charge in [-0.1, -0.05) is 0 Å². The number of carbonyl (C=O) groups is 1. The number of amides is 1. The third-order valence-electron chi connectivity index (χ3n) is 3.17. The molecule has 1 amide bonds. The number of hydrogen-bond acceptors (Lipinski definition) is 6. The Morgan fingerprint density at radius 1 is 1.38 bits per heavy atom. The van der Waals surface area contributed by atoms with Crippen molar-refractivity contribution in [3.8, 4) is 5.88 Å². The van der Waals surface area contributed by atoms with Gasteiger partial charge in [0, 0.05) is 19.3 Å². The summed E-state index contributed by atoms with van der Waals surface area (Å²) in [5.74, 6) is 0.0241. The van der Waals surface area contributed by atoms with E-state index in [4.69, 9.17) is 9.47 Å². The lowest BCUT2D eigenvalue weighted by Crippen LogP contribution is -2.40. The Bertz CT molecular complexity index is 685. The number of aromatic nitrogens is 1. The Balaban J connectivity index is 2.16. The third-order valence-corrected chi connectivity index (χ3v) is 4.65. The summed E-state index contributed by atoms with van der Waals surface area (Å²) >= 11 is 0. The van der Waals surface area contributed by atoms with Crippen LogP contribution in [0.3, 0.4) is 0 Å². The standard InChI is InChI=1S/C15H23N3O5S/c1-15(2,3)23-14(19)18-9-5-8-17-24(20,21)12-6-4-7-16-13(12)22-11-10-18/h4,6-7,17H,5,8-11H2,1-3H3. The minimum Gasteiger partial charge on any atom is -0.475 e. The van der Waals surface area contributed by atoms with Crippen LogP contribution in [0.1, 0.15) is 27.2 Å². The highest BCUT2D eigenvalue weighted by molar-refractivity contribution is 7.89. The molecule has 0 unspecified atom stereocenters. The number of rotatable bonds is 0. The minimum atomic E-state index is -3.70. The summed E-state index contributed by atoms with van der Waals surface area (Å²) in [6.45, 7) is 6.36.